The topological polar surface area (TPSA) is 0 Å². The maximum Gasteiger partial charge on any atom is 0.0944 e. The molecule has 4 aromatic carbocycles. The van der Waals surface area contributed by atoms with Gasteiger partial charge in [0.1, 0.15) is 0 Å². The van der Waals surface area contributed by atoms with Crippen LogP contribution in [0.2, 0.25) is 0 Å². The first-order valence-electron chi connectivity index (χ1n) is 14.7. The highest BCUT2D eigenvalue weighted by molar-refractivity contribution is 8.19. The second-order valence-corrected chi connectivity index (χ2v) is 18.6. The van der Waals surface area contributed by atoms with Crippen molar-refractivity contribution in [2.24, 2.45) is 0 Å². The molecule has 0 saturated carbocycles. The minimum absolute atomic E-state index is 0.327. The lowest BCUT2D eigenvalue weighted by molar-refractivity contribution is 1.27. The van der Waals surface area contributed by atoms with Gasteiger partial charge in [0.2, 0.25) is 0 Å². The van der Waals surface area contributed by atoms with E-state index in [9.17, 15) is 0 Å². The minimum atomic E-state index is 0.327. The molecule has 44 heavy (non-hydrogen) atoms. The van der Waals surface area contributed by atoms with Crippen LogP contribution in [0.25, 0.3) is 33.4 Å². The molecule has 2 aliphatic rings. The molecule has 0 amide bonds. The molecular formula is C38H30S6. The van der Waals surface area contributed by atoms with Crippen molar-refractivity contribution in [3.63, 3.8) is 0 Å². The van der Waals surface area contributed by atoms with E-state index in [1.165, 1.54) is 85.0 Å². The monoisotopic (exact) mass is 678 g/mol. The predicted molar refractivity (Wildman–Crippen MR) is 199 cm³/mol. The molecule has 0 radical (unpaired) electrons. The number of aryl methyl sites for hydroxylation is 4. The van der Waals surface area contributed by atoms with E-state index in [-0.39, 0.29) is 0 Å². The molecule has 8 rings (SSSR count). The summed E-state index contributed by atoms with van der Waals surface area (Å²) in [6, 6.07) is 31.9. The van der Waals surface area contributed by atoms with Gasteiger partial charge in [-0.2, -0.15) is 0 Å². The van der Waals surface area contributed by atoms with Gasteiger partial charge < -0.3 is 0 Å². The van der Waals surface area contributed by atoms with Crippen molar-refractivity contribution in [3.8, 4) is 33.4 Å². The summed E-state index contributed by atoms with van der Waals surface area (Å²) in [5, 5.41) is 4.89. The average Bonchev–Trinajstić information content (AvgIpc) is 3.78. The number of thioether (sulfide) groups is 4. The molecule has 218 valence electrons. The highest BCUT2D eigenvalue weighted by Gasteiger charge is 2.35. The van der Waals surface area contributed by atoms with Crippen LogP contribution in [0.1, 0.15) is 41.2 Å². The van der Waals surface area contributed by atoms with Crippen LogP contribution in [0.5, 0.6) is 0 Å². The molecule has 0 atom stereocenters. The molecule has 0 N–H and O–H groups in total. The summed E-state index contributed by atoms with van der Waals surface area (Å²) >= 11 is 12.0. The van der Waals surface area contributed by atoms with E-state index in [4.69, 9.17) is 0 Å². The fourth-order valence-corrected chi connectivity index (χ4v) is 14.8. The smallest absolute Gasteiger partial charge is 0.0944 e. The number of fused-ring (bicyclic) bond motifs is 2. The van der Waals surface area contributed by atoms with E-state index in [1.807, 2.05) is 69.7 Å². The second-order valence-electron chi connectivity index (χ2n) is 11.6. The van der Waals surface area contributed by atoms with E-state index < -0.39 is 0 Å². The second kappa shape index (κ2) is 11.8. The van der Waals surface area contributed by atoms with E-state index >= 15 is 0 Å². The predicted octanol–water partition coefficient (Wildman–Crippen LogP) is 13.8. The number of benzene rings is 4. The van der Waals surface area contributed by atoms with E-state index in [0.717, 1.165) is 0 Å². The lowest BCUT2D eigenvalue weighted by Gasteiger charge is -2.18. The SMILES string of the molecule is Cc1cc(C)cc(-c2csc(C3Sc4ccccc4S3)c2-c2c(-c3cc(C)cc(C)c3)csc2C2Sc3ccccc3S2)c1. The van der Waals surface area contributed by atoms with Gasteiger partial charge in [-0.15, -0.1) is 69.7 Å². The van der Waals surface area contributed by atoms with Crippen molar-refractivity contribution in [2.75, 3.05) is 0 Å². The molecule has 2 aromatic heterocycles. The molecule has 2 aliphatic heterocycles. The molecule has 0 saturated heterocycles. The lowest BCUT2D eigenvalue weighted by Crippen LogP contribution is -1.94. The number of hydrogen-bond acceptors (Lipinski definition) is 6. The van der Waals surface area contributed by atoms with Crippen molar-refractivity contribution < 1.29 is 0 Å². The van der Waals surface area contributed by atoms with Crippen LogP contribution in [0, 0.1) is 27.7 Å². The molecule has 0 nitrogen and oxygen atoms in total. The molecule has 0 bridgehead atoms. The molecule has 0 fully saturated rings. The Morgan fingerprint density at radius 3 is 1.07 bits per heavy atom. The van der Waals surface area contributed by atoms with Gasteiger partial charge >= 0.3 is 0 Å². The van der Waals surface area contributed by atoms with Crippen LogP contribution in [0.4, 0.5) is 0 Å². The maximum atomic E-state index is 2.44. The van der Waals surface area contributed by atoms with Gasteiger partial charge in [-0.3, -0.25) is 0 Å². The Labute approximate surface area is 285 Å². The fraction of sp³-hybridized carbons (Fsp3) is 0.158. The minimum Gasteiger partial charge on any atom is -0.145 e. The Balaban J connectivity index is 1.38. The van der Waals surface area contributed by atoms with Gasteiger partial charge in [0, 0.05) is 51.6 Å². The Kier molecular flexibility index (Phi) is 7.80. The molecule has 6 heteroatoms. The third-order valence-corrected chi connectivity index (χ3v) is 16.4. The summed E-state index contributed by atoms with van der Waals surface area (Å²) in [7, 11) is 0. The standard InChI is InChI=1S/C38H30S6/c1-21-13-22(2)16-25(15-21)27-19-39-35(37-41-29-9-5-6-10-30(29)42-37)33(27)34-28(26-17-23(3)14-24(4)18-26)20-40-36(34)38-43-31-11-7-8-12-32(31)44-38/h5-20,37-38H,1-4H3. The zero-order chi connectivity index (χ0) is 29.9. The van der Waals surface area contributed by atoms with Crippen molar-refractivity contribution >= 4 is 69.7 Å². The molecule has 6 aromatic rings. The Hall–Kier alpha value is -2.32. The molecule has 0 unspecified atom stereocenters. The summed E-state index contributed by atoms with van der Waals surface area (Å²) in [4.78, 5) is 8.53. The normalized spacial score (nSPS) is 14.7. The van der Waals surface area contributed by atoms with Gasteiger partial charge in [0.05, 0.1) is 9.16 Å². The third kappa shape index (κ3) is 5.32. The van der Waals surface area contributed by atoms with E-state index in [2.05, 4.69) is 123 Å². The zero-order valence-electron chi connectivity index (χ0n) is 24.8. The Morgan fingerprint density at radius 2 is 0.750 bits per heavy atom. The Morgan fingerprint density at radius 1 is 0.432 bits per heavy atom. The third-order valence-electron chi connectivity index (χ3n) is 8.02. The van der Waals surface area contributed by atoms with Crippen LogP contribution < -0.4 is 0 Å². The van der Waals surface area contributed by atoms with E-state index in [0.29, 0.717) is 9.16 Å². The van der Waals surface area contributed by atoms with Crippen LogP contribution in [0.15, 0.2) is 115 Å². The number of rotatable bonds is 5. The van der Waals surface area contributed by atoms with Gasteiger partial charge in [-0.05, 0) is 73.8 Å². The van der Waals surface area contributed by atoms with Crippen LogP contribution >= 0.6 is 69.7 Å². The van der Waals surface area contributed by atoms with Gasteiger partial charge in [-0.1, -0.05) is 82.9 Å². The summed E-state index contributed by atoms with van der Waals surface area (Å²) in [6.07, 6.45) is 0. The average molecular weight is 679 g/mol. The highest BCUT2D eigenvalue weighted by atomic mass is 32.2. The largest absolute Gasteiger partial charge is 0.145 e. The fourth-order valence-electron chi connectivity index (χ4n) is 6.31. The molecule has 0 spiro atoms. The van der Waals surface area contributed by atoms with Crippen LogP contribution in [-0.2, 0) is 0 Å². The summed E-state index contributed by atoms with van der Waals surface area (Å²) in [5.74, 6) is 0. The van der Waals surface area contributed by atoms with Crippen molar-refractivity contribution in [3.05, 3.63) is 128 Å². The first kappa shape index (κ1) is 29.1. The summed E-state index contributed by atoms with van der Waals surface area (Å²) in [5.41, 5.74) is 13.5. The van der Waals surface area contributed by atoms with Crippen molar-refractivity contribution in [1.82, 2.24) is 0 Å². The highest BCUT2D eigenvalue weighted by Crippen LogP contribution is 2.64. The van der Waals surface area contributed by atoms with Crippen LogP contribution in [-0.4, -0.2) is 0 Å². The molecule has 4 heterocycles. The first-order valence-corrected chi connectivity index (χ1v) is 19.9. The van der Waals surface area contributed by atoms with Crippen molar-refractivity contribution in [1.29, 1.82) is 0 Å². The zero-order valence-corrected chi connectivity index (χ0v) is 29.7. The van der Waals surface area contributed by atoms with Gasteiger partial charge in [0.15, 0.2) is 0 Å². The first-order chi connectivity index (χ1) is 21.4. The lowest BCUT2D eigenvalue weighted by atomic mass is 9.90. The van der Waals surface area contributed by atoms with Crippen LogP contribution in [0.3, 0.4) is 0 Å². The quantitative estimate of drug-likeness (QED) is 0.178. The van der Waals surface area contributed by atoms with Crippen molar-refractivity contribution in [2.45, 2.75) is 56.4 Å². The number of thiophene rings is 2. The van der Waals surface area contributed by atoms with E-state index in [1.54, 1.807) is 0 Å². The van der Waals surface area contributed by atoms with Gasteiger partial charge in [0.25, 0.3) is 0 Å². The summed E-state index contributed by atoms with van der Waals surface area (Å²) in [6.45, 7) is 8.90. The number of hydrogen-bond donors (Lipinski definition) is 0. The Bertz CT molecular complexity index is 1810. The molecule has 0 aliphatic carbocycles. The van der Waals surface area contributed by atoms with Gasteiger partial charge in [-0.25, -0.2) is 0 Å². The summed E-state index contributed by atoms with van der Waals surface area (Å²) < 4.78 is 0.654. The maximum absolute atomic E-state index is 2.44. The molecular weight excluding hydrogens is 649 g/mol.